The lowest BCUT2D eigenvalue weighted by Crippen LogP contribution is -2.49. The van der Waals surface area contributed by atoms with E-state index in [2.05, 4.69) is 10.3 Å². The molecule has 1 aromatic carbocycles. The molecule has 0 radical (unpaired) electrons. The lowest BCUT2D eigenvalue weighted by Gasteiger charge is -2.36. The van der Waals surface area contributed by atoms with E-state index in [0.29, 0.717) is 25.5 Å². The fourth-order valence-electron chi connectivity index (χ4n) is 2.79. The molecule has 0 bridgehead atoms. The Bertz CT molecular complexity index is 715. The molecule has 0 saturated carbocycles. The summed E-state index contributed by atoms with van der Waals surface area (Å²) < 4.78 is 0. The van der Waals surface area contributed by atoms with Crippen LogP contribution in [0.1, 0.15) is 25.0 Å². The first-order valence-corrected chi connectivity index (χ1v) is 8.57. The third-order valence-corrected chi connectivity index (χ3v) is 4.49. The number of aryl methyl sites for hydroxylation is 1. The molecule has 7 heteroatoms. The van der Waals surface area contributed by atoms with E-state index in [-0.39, 0.29) is 12.6 Å². The van der Waals surface area contributed by atoms with Crippen LogP contribution in [0, 0.1) is 6.92 Å². The molecule has 0 aliphatic carbocycles. The van der Waals surface area contributed by atoms with Gasteiger partial charge in [0.2, 0.25) is 0 Å². The summed E-state index contributed by atoms with van der Waals surface area (Å²) in [5.41, 5.74) is 3.10. The number of aliphatic hydroxyl groups is 1. The molecule has 0 aromatic heterocycles. The summed E-state index contributed by atoms with van der Waals surface area (Å²) >= 11 is 6.07. The molecule has 0 spiro atoms. The van der Waals surface area contributed by atoms with Crippen molar-refractivity contribution in [2.45, 2.75) is 27.3 Å². The maximum Gasteiger partial charge on any atom is 0.325 e. The van der Waals surface area contributed by atoms with Gasteiger partial charge in [-0.1, -0.05) is 23.7 Å². The van der Waals surface area contributed by atoms with Gasteiger partial charge in [0.1, 0.15) is 5.82 Å². The normalized spacial score (nSPS) is 15.9. The SMILES string of the molecule is CC(=NCCO)NC1=C(C)CN(Cc2ccc(Cl)c(C)c2)C(=O)N1C. The largest absolute Gasteiger partial charge is 0.394 e. The van der Waals surface area contributed by atoms with Crippen molar-refractivity contribution in [1.29, 1.82) is 0 Å². The minimum absolute atomic E-state index is 0.000105. The van der Waals surface area contributed by atoms with Gasteiger partial charge in [-0.05, 0) is 43.5 Å². The highest BCUT2D eigenvalue weighted by Gasteiger charge is 2.28. The Balaban J connectivity index is 2.15. The summed E-state index contributed by atoms with van der Waals surface area (Å²) in [7, 11) is 1.74. The predicted molar refractivity (Wildman–Crippen MR) is 101 cm³/mol. The van der Waals surface area contributed by atoms with E-state index >= 15 is 0 Å². The van der Waals surface area contributed by atoms with Gasteiger partial charge in [0, 0.05) is 25.2 Å². The number of nitrogens with zero attached hydrogens (tertiary/aromatic N) is 3. The molecule has 6 nitrogen and oxygen atoms in total. The quantitative estimate of drug-likeness (QED) is 0.623. The highest BCUT2D eigenvalue weighted by molar-refractivity contribution is 6.31. The zero-order valence-corrected chi connectivity index (χ0v) is 15.9. The van der Waals surface area contributed by atoms with Crippen molar-refractivity contribution >= 4 is 23.5 Å². The Hall–Kier alpha value is -2.05. The molecule has 1 aliphatic rings. The predicted octanol–water partition coefficient (Wildman–Crippen LogP) is 2.75. The van der Waals surface area contributed by atoms with Crippen LogP contribution >= 0.6 is 11.6 Å². The van der Waals surface area contributed by atoms with Crippen molar-refractivity contribution in [3.63, 3.8) is 0 Å². The van der Waals surface area contributed by atoms with E-state index < -0.39 is 0 Å². The van der Waals surface area contributed by atoms with E-state index in [1.165, 1.54) is 0 Å². The van der Waals surface area contributed by atoms with Gasteiger partial charge in [-0.2, -0.15) is 0 Å². The number of amidine groups is 1. The number of amides is 2. The number of hydrogen-bond acceptors (Lipinski definition) is 3. The molecule has 0 unspecified atom stereocenters. The third-order valence-electron chi connectivity index (χ3n) is 4.07. The van der Waals surface area contributed by atoms with Crippen LogP contribution in [0.5, 0.6) is 0 Å². The van der Waals surface area contributed by atoms with Crippen LogP contribution in [0.3, 0.4) is 0 Å². The van der Waals surface area contributed by atoms with Crippen LogP contribution in [0.15, 0.2) is 34.6 Å². The van der Waals surface area contributed by atoms with Gasteiger partial charge in [0.25, 0.3) is 0 Å². The highest BCUT2D eigenvalue weighted by atomic mass is 35.5. The van der Waals surface area contributed by atoms with Gasteiger partial charge < -0.3 is 15.3 Å². The summed E-state index contributed by atoms with van der Waals surface area (Å²) in [6, 6.07) is 5.74. The van der Waals surface area contributed by atoms with E-state index in [4.69, 9.17) is 16.7 Å². The van der Waals surface area contributed by atoms with Gasteiger partial charge >= 0.3 is 6.03 Å². The molecule has 2 rings (SSSR count). The molecule has 0 atom stereocenters. The number of nitrogens with one attached hydrogen (secondary N) is 1. The Morgan fingerprint density at radius 1 is 1.40 bits per heavy atom. The molecule has 1 aliphatic heterocycles. The van der Waals surface area contributed by atoms with Crippen LogP contribution in [-0.4, -0.2) is 53.5 Å². The molecule has 136 valence electrons. The summed E-state index contributed by atoms with van der Waals surface area (Å²) in [4.78, 5) is 20.3. The maximum atomic E-state index is 12.7. The van der Waals surface area contributed by atoms with Gasteiger partial charge in [-0.25, -0.2) is 4.79 Å². The summed E-state index contributed by atoms with van der Waals surface area (Å²) in [6.45, 7) is 7.17. The number of halogens is 1. The van der Waals surface area contributed by atoms with Crippen LogP contribution < -0.4 is 5.32 Å². The van der Waals surface area contributed by atoms with Crippen molar-refractivity contribution in [3.05, 3.63) is 45.7 Å². The van der Waals surface area contributed by atoms with Gasteiger partial charge in [0.05, 0.1) is 19.0 Å². The third kappa shape index (κ3) is 4.74. The van der Waals surface area contributed by atoms with E-state index in [1.807, 2.05) is 39.0 Å². The second-order valence-electron chi connectivity index (χ2n) is 6.23. The van der Waals surface area contributed by atoms with E-state index in [1.54, 1.807) is 16.8 Å². The first kappa shape index (κ1) is 19.3. The number of aliphatic imine (C=N–C) groups is 1. The fraction of sp³-hybridized carbons (Fsp3) is 0.444. The second kappa shape index (κ2) is 8.36. The van der Waals surface area contributed by atoms with Crippen molar-refractivity contribution in [2.75, 3.05) is 26.7 Å². The van der Waals surface area contributed by atoms with Crippen molar-refractivity contribution in [2.24, 2.45) is 4.99 Å². The van der Waals surface area contributed by atoms with Crippen LogP contribution in [0.2, 0.25) is 5.02 Å². The molecular weight excluding hydrogens is 340 g/mol. The summed E-state index contributed by atoms with van der Waals surface area (Å²) in [6.07, 6.45) is 0. The number of rotatable bonds is 5. The zero-order chi connectivity index (χ0) is 18.6. The van der Waals surface area contributed by atoms with Crippen LogP contribution in [0.4, 0.5) is 4.79 Å². The lowest BCUT2D eigenvalue weighted by molar-refractivity contribution is 0.164. The average Bonchev–Trinajstić information content (AvgIpc) is 2.57. The Morgan fingerprint density at radius 3 is 2.76 bits per heavy atom. The Morgan fingerprint density at radius 2 is 2.12 bits per heavy atom. The molecule has 1 heterocycles. The minimum atomic E-state index is -0.0735. The fourth-order valence-corrected chi connectivity index (χ4v) is 2.91. The first-order chi connectivity index (χ1) is 11.8. The summed E-state index contributed by atoms with van der Waals surface area (Å²) in [5, 5.41) is 12.7. The lowest BCUT2D eigenvalue weighted by atomic mass is 10.1. The molecule has 2 amide bonds. The second-order valence-corrected chi connectivity index (χ2v) is 6.63. The maximum absolute atomic E-state index is 12.7. The van der Waals surface area contributed by atoms with Crippen molar-refractivity contribution in [3.8, 4) is 0 Å². The van der Waals surface area contributed by atoms with E-state index in [0.717, 1.165) is 27.5 Å². The number of urea groups is 1. The van der Waals surface area contributed by atoms with Crippen LogP contribution in [-0.2, 0) is 6.54 Å². The number of hydrogen-bond donors (Lipinski definition) is 2. The van der Waals surface area contributed by atoms with Gasteiger partial charge in [-0.15, -0.1) is 0 Å². The zero-order valence-electron chi connectivity index (χ0n) is 15.1. The molecule has 1 aromatic rings. The van der Waals surface area contributed by atoms with Crippen molar-refractivity contribution < 1.29 is 9.90 Å². The Labute approximate surface area is 153 Å². The average molecular weight is 365 g/mol. The molecule has 25 heavy (non-hydrogen) atoms. The standard InChI is InChI=1S/C18H25ClN4O2/c1-12-9-15(5-6-16(12)19)11-23-10-13(2)17(22(4)18(23)25)21-14(3)20-7-8-24/h5-6,9,24H,7-8,10-11H2,1-4H3,(H,20,21). The number of benzene rings is 1. The number of carbonyl (C=O) groups excluding carboxylic acids is 1. The van der Waals surface area contributed by atoms with Gasteiger partial charge in [0.15, 0.2) is 0 Å². The number of carbonyl (C=O) groups is 1. The molecule has 0 saturated heterocycles. The molecule has 2 N–H and O–H groups in total. The monoisotopic (exact) mass is 364 g/mol. The minimum Gasteiger partial charge on any atom is -0.394 e. The molecular formula is C18H25ClN4O2. The smallest absolute Gasteiger partial charge is 0.325 e. The molecule has 0 fully saturated rings. The van der Waals surface area contributed by atoms with Crippen LogP contribution in [0.25, 0.3) is 0 Å². The highest BCUT2D eigenvalue weighted by Crippen LogP contribution is 2.22. The first-order valence-electron chi connectivity index (χ1n) is 8.19. The summed E-state index contributed by atoms with van der Waals surface area (Å²) in [5.74, 6) is 1.41. The van der Waals surface area contributed by atoms with Crippen molar-refractivity contribution in [1.82, 2.24) is 15.1 Å². The topological polar surface area (TPSA) is 68.2 Å². The Kier molecular flexibility index (Phi) is 6.45. The van der Waals surface area contributed by atoms with Gasteiger partial charge in [-0.3, -0.25) is 9.89 Å². The van der Waals surface area contributed by atoms with E-state index in [9.17, 15) is 4.79 Å². The number of aliphatic hydroxyl groups excluding tert-OH is 1.